The Balaban J connectivity index is 0.996. The number of likely N-dealkylation sites (tertiary alicyclic amines) is 1. The molecule has 4 heterocycles. The summed E-state index contributed by atoms with van der Waals surface area (Å²) in [6.45, 7) is 5.99. The zero-order valence-electron chi connectivity index (χ0n) is 26.4. The van der Waals surface area contributed by atoms with Gasteiger partial charge < -0.3 is 23.5 Å². The maximum Gasteiger partial charge on any atom is 0.337 e. The lowest BCUT2D eigenvalue weighted by atomic mass is 9.93. The Morgan fingerprint density at radius 2 is 1.76 bits per heavy atom. The van der Waals surface area contributed by atoms with E-state index in [0.717, 1.165) is 98.8 Å². The van der Waals surface area contributed by atoms with Crippen molar-refractivity contribution in [3.63, 3.8) is 0 Å². The van der Waals surface area contributed by atoms with E-state index in [4.69, 9.17) is 28.9 Å². The molecule has 4 aromatic rings. The van der Waals surface area contributed by atoms with Crippen molar-refractivity contribution in [2.45, 2.75) is 76.9 Å². The van der Waals surface area contributed by atoms with Crippen LogP contribution < -0.4 is 9.47 Å². The lowest BCUT2D eigenvalue weighted by Crippen LogP contribution is -2.35. The summed E-state index contributed by atoms with van der Waals surface area (Å²) in [6.07, 6.45) is 5.48. The van der Waals surface area contributed by atoms with Crippen LogP contribution in [0.2, 0.25) is 0 Å². The summed E-state index contributed by atoms with van der Waals surface area (Å²) in [5, 5.41) is 0. The van der Waals surface area contributed by atoms with Gasteiger partial charge in [0.25, 0.3) is 0 Å². The van der Waals surface area contributed by atoms with Gasteiger partial charge in [-0.15, -0.1) is 0 Å². The summed E-state index contributed by atoms with van der Waals surface area (Å²) in [7, 11) is 1.40. The second-order valence-corrected chi connectivity index (χ2v) is 12.6. The number of carbonyl (C=O) groups is 2. The zero-order valence-corrected chi connectivity index (χ0v) is 26.4. The van der Waals surface area contributed by atoms with Crippen LogP contribution in [0.3, 0.4) is 0 Å². The van der Waals surface area contributed by atoms with Crippen molar-refractivity contribution < 1.29 is 28.5 Å². The van der Waals surface area contributed by atoms with E-state index in [0.29, 0.717) is 29.5 Å². The molecular formula is C36H40N4O6. The van der Waals surface area contributed by atoms with Gasteiger partial charge in [0.2, 0.25) is 5.88 Å². The van der Waals surface area contributed by atoms with Gasteiger partial charge in [-0.3, -0.25) is 9.69 Å². The Labute approximate surface area is 268 Å². The van der Waals surface area contributed by atoms with Gasteiger partial charge in [-0.05, 0) is 82.4 Å². The highest BCUT2D eigenvalue weighted by molar-refractivity contribution is 5.94. The minimum atomic E-state index is -0.350. The Bertz CT molecular complexity index is 1740. The molecular weight excluding hydrogens is 584 g/mol. The topological polar surface area (TPSA) is 105 Å². The second kappa shape index (κ2) is 13.2. The minimum absolute atomic E-state index is 0.0182. The van der Waals surface area contributed by atoms with Crippen LogP contribution in [0.4, 0.5) is 0 Å². The Morgan fingerprint density at radius 1 is 0.957 bits per heavy atom. The molecule has 240 valence electrons. The van der Waals surface area contributed by atoms with Gasteiger partial charge in [-0.1, -0.05) is 18.2 Å². The molecule has 10 nitrogen and oxygen atoms in total. The van der Waals surface area contributed by atoms with Crippen LogP contribution in [0.15, 0.2) is 54.6 Å². The summed E-state index contributed by atoms with van der Waals surface area (Å²) >= 11 is 0. The fourth-order valence-electron chi connectivity index (χ4n) is 6.22. The third-order valence-electron chi connectivity index (χ3n) is 9.21. The average Bonchev–Trinajstić information content (AvgIpc) is 3.81. The summed E-state index contributed by atoms with van der Waals surface area (Å²) in [5.74, 6) is 2.30. The molecule has 2 saturated heterocycles. The molecule has 1 unspecified atom stereocenters. The van der Waals surface area contributed by atoms with Crippen molar-refractivity contribution in [1.29, 1.82) is 0 Å². The lowest BCUT2D eigenvalue weighted by Gasteiger charge is -2.32. The quantitative estimate of drug-likeness (QED) is 0.145. The summed E-state index contributed by atoms with van der Waals surface area (Å²) in [4.78, 5) is 36.4. The number of esters is 1. The molecule has 0 radical (unpaired) electrons. The van der Waals surface area contributed by atoms with Gasteiger partial charge >= 0.3 is 5.97 Å². The van der Waals surface area contributed by atoms with E-state index in [1.807, 2.05) is 42.5 Å². The van der Waals surface area contributed by atoms with Crippen LogP contribution >= 0.6 is 0 Å². The van der Waals surface area contributed by atoms with Crippen LogP contribution in [0.5, 0.6) is 11.6 Å². The first kappa shape index (κ1) is 30.4. The van der Waals surface area contributed by atoms with Gasteiger partial charge in [0.1, 0.15) is 18.2 Å². The first-order valence-electron chi connectivity index (χ1n) is 16.2. The number of ether oxygens (including phenoxy) is 4. The first-order chi connectivity index (χ1) is 22.4. The van der Waals surface area contributed by atoms with Crippen LogP contribution in [0.1, 0.15) is 82.7 Å². The van der Waals surface area contributed by atoms with Crippen LogP contribution in [-0.2, 0) is 29.2 Å². The molecule has 3 fully saturated rings. The van der Waals surface area contributed by atoms with E-state index in [-0.39, 0.29) is 24.0 Å². The summed E-state index contributed by atoms with van der Waals surface area (Å²) < 4.78 is 25.2. The van der Waals surface area contributed by atoms with E-state index < -0.39 is 0 Å². The van der Waals surface area contributed by atoms with E-state index in [9.17, 15) is 9.59 Å². The molecule has 0 amide bonds. The van der Waals surface area contributed by atoms with Crippen LogP contribution in [0, 0.1) is 0 Å². The van der Waals surface area contributed by atoms with E-state index >= 15 is 0 Å². The molecule has 2 aromatic carbocycles. The maximum absolute atomic E-state index is 12.2. The van der Waals surface area contributed by atoms with Crippen molar-refractivity contribution >= 4 is 22.8 Å². The number of rotatable bonds is 12. The van der Waals surface area contributed by atoms with Crippen molar-refractivity contribution in [3.8, 4) is 11.6 Å². The number of fused-ring (bicyclic) bond motifs is 1. The zero-order chi connectivity index (χ0) is 31.6. The highest BCUT2D eigenvalue weighted by Crippen LogP contribution is 2.32. The molecule has 1 aliphatic carbocycles. The largest absolute Gasteiger partial charge is 0.490 e. The molecule has 1 saturated carbocycles. The van der Waals surface area contributed by atoms with Crippen molar-refractivity contribution in [1.82, 2.24) is 19.4 Å². The fraction of sp³-hybridized carbons (Fsp3) is 0.444. The standard InChI is InChI=1S/C36H40N4O6/c1-23(41)25-6-7-27(33(19-25)46-28-9-10-28)22-45-35-5-3-4-30(38-35)24-12-15-39(16-13-24)21-34-37-31-11-8-26(36(42)43-2)18-32(31)40(34)20-29-14-17-44-29/h3-8,11,18-19,24,28-29H,9-10,12-17,20-22H2,1-2H3. The first-order valence-corrected chi connectivity index (χ1v) is 16.2. The number of hydrogen-bond donors (Lipinski definition) is 0. The molecule has 0 spiro atoms. The molecule has 7 rings (SSSR count). The Hall–Kier alpha value is -4.28. The number of carbonyl (C=O) groups excluding carboxylic acids is 2. The van der Waals surface area contributed by atoms with Gasteiger partial charge in [0.05, 0.1) is 49.0 Å². The molecule has 46 heavy (non-hydrogen) atoms. The summed E-state index contributed by atoms with van der Waals surface area (Å²) in [6, 6.07) is 17.1. The summed E-state index contributed by atoms with van der Waals surface area (Å²) in [5.41, 5.74) is 4.93. The maximum atomic E-state index is 12.2. The predicted molar refractivity (Wildman–Crippen MR) is 171 cm³/mol. The molecule has 3 aliphatic rings. The van der Waals surface area contributed by atoms with E-state index in [1.54, 1.807) is 13.0 Å². The minimum Gasteiger partial charge on any atom is -0.490 e. The highest BCUT2D eigenvalue weighted by atomic mass is 16.5. The number of imidazole rings is 1. The number of methoxy groups -OCH3 is 1. The van der Waals surface area contributed by atoms with Gasteiger partial charge in [-0.2, -0.15) is 0 Å². The molecule has 10 heteroatoms. The number of piperidine rings is 1. The van der Waals surface area contributed by atoms with Crippen LogP contribution in [0.25, 0.3) is 11.0 Å². The number of ketones is 1. The van der Waals surface area contributed by atoms with Crippen LogP contribution in [-0.4, -0.2) is 70.2 Å². The number of nitrogens with zero attached hydrogens (tertiary/aromatic N) is 4. The SMILES string of the molecule is COC(=O)c1ccc2nc(CN3CCC(c4cccc(OCc5ccc(C(C)=O)cc5OC5CC5)n4)CC3)n(CC3CCO3)c2c1. The molecule has 0 N–H and O–H groups in total. The number of benzene rings is 2. The fourth-order valence-corrected chi connectivity index (χ4v) is 6.22. The normalized spacial score (nSPS) is 18.7. The number of hydrogen-bond acceptors (Lipinski definition) is 9. The van der Waals surface area contributed by atoms with Crippen molar-refractivity contribution in [2.75, 3.05) is 26.8 Å². The Kier molecular flexibility index (Phi) is 8.73. The van der Waals surface area contributed by atoms with Gasteiger partial charge in [0.15, 0.2) is 5.78 Å². The predicted octanol–water partition coefficient (Wildman–Crippen LogP) is 5.71. The van der Waals surface area contributed by atoms with Crippen molar-refractivity contribution in [3.05, 3.63) is 82.8 Å². The van der Waals surface area contributed by atoms with E-state index in [1.165, 1.54) is 7.11 Å². The van der Waals surface area contributed by atoms with Crippen molar-refractivity contribution in [2.24, 2.45) is 0 Å². The lowest BCUT2D eigenvalue weighted by molar-refractivity contribution is -0.0592. The third kappa shape index (κ3) is 6.78. The average molecular weight is 625 g/mol. The smallest absolute Gasteiger partial charge is 0.337 e. The third-order valence-corrected chi connectivity index (χ3v) is 9.21. The molecule has 2 aromatic heterocycles. The molecule has 1 atom stereocenters. The van der Waals surface area contributed by atoms with Gasteiger partial charge in [0, 0.05) is 35.4 Å². The molecule has 0 bridgehead atoms. The Morgan fingerprint density at radius 3 is 2.48 bits per heavy atom. The van der Waals surface area contributed by atoms with Gasteiger partial charge in [-0.25, -0.2) is 14.8 Å². The number of Topliss-reactive ketones (excluding diaryl/α,β-unsaturated/α-hetero) is 1. The molecule has 2 aliphatic heterocycles. The number of pyridine rings is 1. The second-order valence-electron chi connectivity index (χ2n) is 12.6. The highest BCUT2D eigenvalue weighted by Gasteiger charge is 2.27. The number of aromatic nitrogens is 3. The van der Waals surface area contributed by atoms with E-state index in [2.05, 4.69) is 15.5 Å². The monoisotopic (exact) mass is 624 g/mol.